The third kappa shape index (κ3) is 3.61. The van der Waals surface area contributed by atoms with Gasteiger partial charge in [0.25, 0.3) is 5.91 Å². The summed E-state index contributed by atoms with van der Waals surface area (Å²) in [6.45, 7) is 1.44. The minimum Gasteiger partial charge on any atom is -0.339 e. The number of alkyl halides is 3. The summed E-state index contributed by atoms with van der Waals surface area (Å²) in [4.78, 5) is 11.6. The number of carbonyl (C=O) groups is 1. The van der Waals surface area contributed by atoms with E-state index >= 15 is 0 Å². The molecule has 1 atom stereocenters. The Bertz CT molecular complexity index is 548. The summed E-state index contributed by atoms with van der Waals surface area (Å²) in [7, 11) is 0. The molecule has 0 fully saturated rings. The number of carbonyl (C=O) groups excluding carboxylic acids is 1. The highest BCUT2D eigenvalue weighted by molar-refractivity contribution is 6.34. The van der Waals surface area contributed by atoms with E-state index in [1.807, 2.05) is 0 Å². The van der Waals surface area contributed by atoms with Gasteiger partial charge in [-0.3, -0.25) is 4.79 Å². The zero-order chi connectivity index (χ0) is 14.8. The first kappa shape index (κ1) is 15.3. The fourth-order valence-corrected chi connectivity index (χ4v) is 1.58. The summed E-state index contributed by atoms with van der Waals surface area (Å²) >= 11 is 5.49. The van der Waals surface area contributed by atoms with Crippen molar-refractivity contribution in [3.8, 4) is 12.3 Å². The van der Waals surface area contributed by atoms with E-state index in [-0.39, 0.29) is 6.07 Å². The number of rotatable bonds is 2. The molecular formula is C12H8ClF4NO. The molecular weight excluding hydrogens is 286 g/mol. The molecule has 0 radical (unpaired) electrons. The van der Waals surface area contributed by atoms with Gasteiger partial charge in [-0.1, -0.05) is 17.5 Å². The van der Waals surface area contributed by atoms with Gasteiger partial charge in [0.1, 0.15) is 5.82 Å². The van der Waals surface area contributed by atoms with Crippen molar-refractivity contribution in [2.45, 2.75) is 19.1 Å². The van der Waals surface area contributed by atoms with Gasteiger partial charge in [0.05, 0.1) is 22.2 Å². The number of terminal acetylenes is 1. The molecule has 0 saturated heterocycles. The molecule has 19 heavy (non-hydrogen) atoms. The van der Waals surface area contributed by atoms with Crippen LogP contribution in [0.1, 0.15) is 22.8 Å². The van der Waals surface area contributed by atoms with Gasteiger partial charge in [-0.25, -0.2) is 4.39 Å². The van der Waals surface area contributed by atoms with E-state index in [0.29, 0.717) is 6.07 Å². The van der Waals surface area contributed by atoms with Crippen molar-refractivity contribution in [2.24, 2.45) is 0 Å². The molecule has 102 valence electrons. The lowest BCUT2D eigenvalue weighted by Gasteiger charge is -2.14. The minimum absolute atomic E-state index is 0.226. The van der Waals surface area contributed by atoms with Crippen LogP contribution < -0.4 is 5.32 Å². The van der Waals surface area contributed by atoms with Crippen LogP contribution in [-0.4, -0.2) is 11.9 Å². The summed E-state index contributed by atoms with van der Waals surface area (Å²) in [5, 5.41) is 1.33. The topological polar surface area (TPSA) is 29.1 Å². The molecule has 0 heterocycles. The highest BCUT2D eigenvalue weighted by Gasteiger charge is 2.35. The number of benzene rings is 1. The van der Waals surface area contributed by atoms with Crippen molar-refractivity contribution >= 4 is 17.5 Å². The normalized spacial score (nSPS) is 12.7. The molecule has 0 aliphatic heterocycles. The Hall–Kier alpha value is -1.74. The number of halogens is 5. The third-order valence-corrected chi connectivity index (χ3v) is 2.59. The fourth-order valence-electron chi connectivity index (χ4n) is 1.28. The quantitative estimate of drug-likeness (QED) is 0.658. The van der Waals surface area contributed by atoms with E-state index in [4.69, 9.17) is 18.0 Å². The summed E-state index contributed by atoms with van der Waals surface area (Å²) < 4.78 is 50.9. The zero-order valence-electron chi connectivity index (χ0n) is 9.61. The van der Waals surface area contributed by atoms with E-state index in [2.05, 4.69) is 11.2 Å². The molecule has 1 unspecified atom stereocenters. The summed E-state index contributed by atoms with van der Waals surface area (Å²) in [5.74, 6) is -0.0310. The Labute approximate surface area is 111 Å². The molecule has 1 N–H and O–H groups in total. The molecule has 1 amide bonds. The van der Waals surface area contributed by atoms with E-state index in [9.17, 15) is 22.4 Å². The van der Waals surface area contributed by atoms with Crippen LogP contribution in [0.3, 0.4) is 0 Å². The van der Waals surface area contributed by atoms with Crippen molar-refractivity contribution < 1.29 is 22.4 Å². The summed E-state index contributed by atoms with van der Waals surface area (Å²) in [5.41, 5.74) is -2.02. The first-order chi connectivity index (χ1) is 8.66. The Morgan fingerprint density at radius 1 is 1.47 bits per heavy atom. The fraction of sp³-hybridized carbons (Fsp3) is 0.250. The van der Waals surface area contributed by atoms with Crippen molar-refractivity contribution in [1.82, 2.24) is 5.32 Å². The van der Waals surface area contributed by atoms with Gasteiger partial charge in [0, 0.05) is 0 Å². The Kier molecular flexibility index (Phi) is 4.43. The first-order valence-electron chi connectivity index (χ1n) is 5.00. The van der Waals surface area contributed by atoms with Crippen molar-refractivity contribution in [3.05, 3.63) is 34.1 Å². The van der Waals surface area contributed by atoms with Crippen LogP contribution in [0.5, 0.6) is 0 Å². The van der Waals surface area contributed by atoms with Crippen LogP contribution in [0.2, 0.25) is 5.02 Å². The molecule has 0 aromatic heterocycles. The lowest BCUT2D eigenvalue weighted by Crippen LogP contribution is -2.32. The second kappa shape index (κ2) is 5.49. The standard InChI is InChI=1S/C12H8ClF4NO/c1-3-6(2)18-11(19)8-4-7(14)5-9(10(8)13)12(15,16)17/h1,4-6H,2H3,(H,18,19). The van der Waals surface area contributed by atoms with Crippen LogP contribution in [0.15, 0.2) is 12.1 Å². The lowest BCUT2D eigenvalue weighted by atomic mass is 10.1. The molecule has 0 aliphatic rings. The number of nitrogens with one attached hydrogen (secondary N) is 1. The second-order valence-electron chi connectivity index (χ2n) is 3.67. The van der Waals surface area contributed by atoms with E-state index in [1.54, 1.807) is 0 Å². The number of hydrogen-bond acceptors (Lipinski definition) is 1. The number of hydrogen-bond donors (Lipinski definition) is 1. The molecule has 7 heteroatoms. The smallest absolute Gasteiger partial charge is 0.339 e. The van der Waals surface area contributed by atoms with Gasteiger partial charge in [-0.15, -0.1) is 6.42 Å². The van der Waals surface area contributed by atoms with Crippen LogP contribution >= 0.6 is 11.6 Å². The zero-order valence-corrected chi connectivity index (χ0v) is 10.4. The monoisotopic (exact) mass is 293 g/mol. The van der Waals surface area contributed by atoms with Crippen LogP contribution in [0, 0.1) is 18.2 Å². The van der Waals surface area contributed by atoms with Crippen LogP contribution in [0.25, 0.3) is 0 Å². The molecule has 1 rings (SSSR count). The molecule has 2 nitrogen and oxygen atoms in total. The van der Waals surface area contributed by atoms with Gasteiger partial charge in [0.2, 0.25) is 0 Å². The molecule has 0 aliphatic carbocycles. The predicted octanol–water partition coefficient (Wildman–Crippen LogP) is 3.25. The van der Waals surface area contributed by atoms with Gasteiger partial charge >= 0.3 is 6.18 Å². The maximum absolute atomic E-state index is 13.1. The van der Waals surface area contributed by atoms with Gasteiger partial charge in [0.15, 0.2) is 0 Å². The maximum atomic E-state index is 13.1. The molecule has 0 saturated carbocycles. The van der Waals surface area contributed by atoms with E-state index in [1.165, 1.54) is 6.92 Å². The van der Waals surface area contributed by atoms with E-state index in [0.717, 1.165) is 0 Å². The maximum Gasteiger partial charge on any atom is 0.417 e. The Balaban J connectivity index is 3.27. The molecule has 0 spiro atoms. The Morgan fingerprint density at radius 2 is 2.05 bits per heavy atom. The number of amides is 1. The molecule has 1 aromatic rings. The molecule has 1 aromatic carbocycles. The van der Waals surface area contributed by atoms with Gasteiger partial charge in [-0.05, 0) is 19.1 Å². The first-order valence-corrected chi connectivity index (χ1v) is 5.38. The SMILES string of the molecule is C#CC(C)NC(=O)c1cc(F)cc(C(F)(F)F)c1Cl. The highest BCUT2D eigenvalue weighted by Crippen LogP contribution is 2.36. The van der Waals surface area contributed by atoms with Crippen LogP contribution in [-0.2, 0) is 6.18 Å². The third-order valence-electron chi connectivity index (χ3n) is 2.19. The highest BCUT2D eigenvalue weighted by atomic mass is 35.5. The van der Waals surface area contributed by atoms with E-state index < -0.39 is 40.1 Å². The minimum atomic E-state index is -4.86. The van der Waals surface area contributed by atoms with Gasteiger partial charge in [-0.2, -0.15) is 13.2 Å². The van der Waals surface area contributed by atoms with Crippen molar-refractivity contribution in [1.29, 1.82) is 0 Å². The van der Waals surface area contributed by atoms with Crippen molar-refractivity contribution in [2.75, 3.05) is 0 Å². The van der Waals surface area contributed by atoms with Gasteiger partial charge < -0.3 is 5.32 Å². The Morgan fingerprint density at radius 3 is 2.53 bits per heavy atom. The second-order valence-corrected chi connectivity index (χ2v) is 4.05. The van der Waals surface area contributed by atoms with Crippen LogP contribution in [0.4, 0.5) is 17.6 Å². The predicted molar refractivity (Wildman–Crippen MR) is 62.2 cm³/mol. The summed E-state index contributed by atoms with van der Waals surface area (Å²) in [6.07, 6.45) is 0.159. The lowest BCUT2D eigenvalue weighted by molar-refractivity contribution is -0.137. The largest absolute Gasteiger partial charge is 0.417 e. The average molecular weight is 294 g/mol. The van der Waals surface area contributed by atoms with Crippen molar-refractivity contribution in [3.63, 3.8) is 0 Å². The molecule has 0 bridgehead atoms. The summed E-state index contributed by atoms with van der Waals surface area (Å²) in [6, 6.07) is 0.126. The average Bonchev–Trinajstić information content (AvgIpc) is 2.29.